The minimum Gasteiger partial charge on any atom is -0.469 e. The molecule has 0 aliphatic carbocycles. The van der Waals surface area contributed by atoms with Gasteiger partial charge < -0.3 is 19.2 Å². The molecular weight excluding hydrogens is 902 g/mol. The third kappa shape index (κ3) is 6.70. The number of hydrogen-bond donors (Lipinski definition) is 1. The molecule has 0 atom stereocenters. The smallest absolute Gasteiger partial charge is 0.247 e. The highest BCUT2D eigenvalue weighted by Crippen LogP contribution is 2.47. The van der Waals surface area contributed by atoms with Crippen molar-refractivity contribution in [1.29, 1.82) is 0 Å². The zero-order chi connectivity index (χ0) is 47.9. The number of rotatable bonds is 6. The van der Waals surface area contributed by atoms with Crippen molar-refractivity contribution in [2.75, 3.05) is 10.2 Å². The minimum atomic E-state index is -0.0256. The normalized spacial score (nSPS) is 12.8. The second-order valence-electron chi connectivity index (χ2n) is 21.3. The van der Waals surface area contributed by atoms with Gasteiger partial charge in [0.05, 0.1) is 16.9 Å². The molecule has 4 aromatic heterocycles. The Balaban J connectivity index is 1.04. The summed E-state index contributed by atoms with van der Waals surface area (Å²) in [6, 6.07) is 67.3. The predicted octanol–water partition coefficient (Wildman–Crippen LogP) is 17.7. The summed E-state index contributed by atoms with van der Waals surface area (Å²) in [7, 11) is 2.33. The van der Waals surface area contributed by atoms with E-state index in [0.29, 0.717) is 0 Å². The maximum absolute atomic E-state index is 6.99. The molecular formula is C64H49BN3OS2. The van der Waals surface area contributed by atoms with Gasteiger partial charge in [0.25, 0.3) is 0 Å². The molecule has 0 spiro atoms. The number of aromatic nitrogens is 1. The van der Waals surface area contributed by atoms with Gasteiger partial charge in [-0.15, -0.1) is 22.7 Å². The second kappa shape index (κ2) is 15.5. The largest absolute Gasteiger partial charge is 0.469 e. The Morgan fingerprint density at radius 3 is 1.86 bits per heavy atom. The Kier molecular flexibility index (Phi) is 9.21. The summed E-state index contributed by atoms with van der Waals surface area (Å²) in [4.78, 5) is 2.36. The lowest BCUT2D eigenvalue weighted by Gasteiger charge is -2.25. The van der Waals surface area contributed by atoms with Gasteiger partial charge in [-0.3, -0.25) is 0 Å². The van der Waals surface area contributed by atoms with Crippen LogP contribution in [0.25, 0.3) is 89.9 Å². The summed E-state index contributed by atoms with van der Waals surface area (Å²) in [5, 5.41) is 12.7. The summed E-state index contributed by atoms with van der Waals surface area (Å²) in [6.07, 6.45) is 0. The molecule has 0 saturated carbocycles. The van der Waals surface area contributed by atoms with Crippen molar-refractivity contribution in [2.45, 2.75) is 52.4 Å². The summed E-state index contributed by atoms with van der Waals surface area (Å²) < 4.78 is 14.6. The third-order valence-electron chi connectivity index (χ3n) is 14.7. The van der Waals surface area contributed by atoms with Crippen LogP contribution >= 0.6 is 22.7 Å². The van der Waals surface area contributed by atoms with E-state index in [1.165, 1.54) is 73.3 Å². The number of nitrogens with one attached hydrogen (secondary N) is 1. The zero-order valence-corrected chi connectivity index (χ0v) is 42.2. The minimum absolute atomic E-state index is 0.0256. The maximum atomic E-state index is 6.99. The number of para-hydroxylation sites is 2. The van der Waals surface area contributed by atoms with Crippen LogP contribution in [0.2, 0.25) is 0 Å². The molecule has 0 bridgehead atoms. The van der Waals surface area contributed by atoms with Crippen molar-refractivity contribution >= 4 is 143 Å². The topological polar surface area (TPSA) is 33.3 Å². The number of nitrogens with zero attached hydrogens (tertiary/aromatic N) is 2. The van der Waals surface area contributed by atoms with Gasteiger partial charge >= 0.3 is 0 Å². The van der Waals surface area contributed by atoms with Crippen LogP contribution in [-0.2, 0) is 10.8 Å². The molecule has 341 valence electrons. The molecule has 5 heterocycles. The lowest BCUT2D eigenvalue weighted by Crippen LogP contribution is -2.36. The summed E-state index contributed by atoms with van der Waals surface area (Å²) in [5.74, 6) is 0. The Bertz CT molecular complexity index is 4260. The van der Waals surface area contributed by atoms with Gasteiger partial charge in [0.15, 0.2) is 0 Å². The Morgan fingerprint density at radius 1 is 0.479 bits per heavy atom. The summed E-state index contributed by atoms with van der Waals surface area (Å²) in [5.41, 5.74) is 16.8. The van der Waals surface area contributed by atoms with E-state index in [2.05, 4.69) is 246 Å². The van der Waals surface area contributed by atoms with E-state index in [4.69, 9.17) is 4.42 Å². The molecule has 1 N–H and O–H groups in total. The van der Waals surface area contributed by atoms with Crippen LogP contribution in [0, 0.1) is 0 Å². The molecule has 7 heteroatoms. The SMILES string of the molecule is CC(C)(C)c1ccc(Nc2cc3sc4ccc(N(c5ccccc5)c5ccccc5)cc4c3cc2-c2ccc3c4cc5c(cc4n4c3c2[B]c2oc3ccc(C(C)(C)C)cc3c2-4)sc2ccccc25)cc1. The highest BCUT2D eigenvalue weighted by atomic mass is 32.1. The molecule has 9 aromatic carbocycles. The molecule has 1 aliphatic heterocycles. The fourth-order valence-electron chi connectivity index (χ4n) is 11.1. The average Bonchev–Trinajstić information content (AvgIpc) is 4.12. The van der Waals surface area contributed by atoms with E-state index < -0.39 is 0 Å². The Morgan fingerprint density at radius 2 is 1.13 bits per heavy atom. The monoisotopic (exact) mass is 950 g/mol. The summed E-state index contributed by atoms with van der Waals surface area (Å²) in [6.45, 7) is 13.7. The van der Waals surface area contributed by atoms with Gasteiger partial charge in [-0.2, -0.15) is 0 Å². The fourth-order valence-corrected chi connectivity index (χ4v) is 13.3. The van der Waals surface area contributed by atoms with Gasteiger partial charge in [0, 0.05) is 96.0 Å². The number of benzene rings is 9. The van der Waals surface area contributed by atoms with E-state index in [1.54, 1.807) is 0 Å². The molecule has 0 unspecified atom stereocenters. The average molecular weight is 951 g/mol. The van der Waals surface area contributed by atoms with Gasteiger partial charge in [-0.05, 0) is 130 Å². The van der Waals surface area contributed by atoms with E-state index in [9.17, 15) is 0 Å². The van der Waals surface area contributed by atoms with Crippen molar-refractivity contribution in [3.8, 4) is 16.8 Å². The first-order valence-corrected chi connectivity index (χ1v) is 26.2. The molecule has 0 saturated heterocycles. The van der Waals surface area contributed by atoms with Gasteiger partial charge in [-0.1, -0.05) is 126 Å². The number of fused-ring (bicyclic) bond motifs is 13. The second-order valence-corrected chi connectivity index (χ2v) is 23.4. The van der Waals surface area contributed by atoms with Crippen molar-refractivity contribution in [2.24, 2.45) is 0 Å². The van der Waals surface area contributed by atoms with E-state index in [0.717, 1.165) is 67.3 Å². The highest BCUT2D eigenvalue weighted by Gasteiger charge is 2.32. The van der Waals surface area contributed by atoms with Crippen LogP contribution in [0.5, 0.6) is 0 Å². The molecule has 1 aliphatic rings. The van der Waals surface area contributed by atoms with Crippen molar-refractivity contribution in [1.82, 2.24) is 4.57 Å². The van der Waals surface area contributed by atoms with Crippen LogP contribution < -0.4 is 21.3 Å². The van der Waals surface area contributed by atoms with Crippen molar-refractivity contribution in [3.63, 3.8) is 0 Å². The van der Waals surface area contributed by atoms with Crippen LogP contribution in [0.1, 0.15) is 52.7 Å². The van der Waals surface area contributed by atoms with Crippen LogP contribution in [0.4, 0.5) is 28.4 Å². The maximum Gasteiger partial charge on any atom is 0.247 e. The molecule has 71 heavy (non-hydrogen) atoms. The van der Waals surface area contributed by atoms with Crippen molar-refractivity contribution < 1.29 is 4.42 Å². The molecule has 0 fully saturated rings. The predicted molar refractivity (Wildman–Crippen MR) is 309 cm³/mol. The number of thiophene rings is 2. The molecule has 4 nitrogen and oxygen atoms in total. The Labute approximate surface area is 421 Å². The van der Waals surface area contributed by atoms with E-state index >= 15 is 0 Å². The Hall–Kier alpha value is -7.58. The fraction of sp³-hybridized carbons (Fsp3) is 0.125. The van der Waals surface area contributed by atoms with Gasteiger partial charge in [0.1, 0.15) is 5.58 Å². The molecule has 0 amide bonds. The lowest BCUT2D eigenvalue weighted by molar-refractivity contribution is 0.590. The third-order valence-corrected chi connectivity index (χ3v) is 17.0. The molecule has 14 rings (SSSR count). The summed E-state index contributed by atoms with van der Waals surface area (Å²) >= 11 is 3.72. The first-order chi connectivity index (χ1) is 34.4. The number of anilines is 5. The van der Waals surface area contributed by atoms with Crippen LogP contribution in [0.3, 0.4) is 0 Å². The van der Waals surface area contributed by atoms with Crippen LogP contribution in [-0.4, -0.2) is 11.8 Å². The van der Waals surface area contributed by atoms with Gasteiger partial charge in [0.2, 0.25) is 7.28 Å². The zero-order valence-electron chi connectivity index (χ0n) is 40.5. The quantitative estimate of drug-likeness (QED) is 0.169. The van der Waals surface area contributed by atoms with E-state index in [1.807, 2.05) is 22.7 Å². The van der Waals surface area contributed by atoms with Crippen LogP contribution in [0.15, 0.2) is 186 Å². The number of furan rings is 1. The van der Waals surface area contributed by atoms with Crippen molar-refractivity contribution in [3.05, 3.63) is 193 Å². The van der Waals surface area contributed by atoms with E-state index in [-0.39, 0.29) is 10.8 Å². The standard InChI is InChI=1S/C64H49BN3OS2/c1-63(2,3)37-21-24-39(25-22-37)66-52-35-57-50(48-32-42(26-30-56(48)71-57)67(40-15-9-7-10-16-40)41-17-11-8-12-18-41)33-46(52)44-27-28-45-47-34-49-43-19-13-14-20-55(43)70-58(49)36-53(47)68-60(45)59(44)65-62-61(68)51-31-38(64(4,5)6)23-29-54(51)69-62/h7-36,66H,1-6H3. The highest BCUT2D eigenvalue weighted by molar-refractivity contribution is 7.26. The first-order valence-electron chi connectivity index (χ1n) is 24.6. The number of hydrogen-bond acceptors (Lipinski definition) is 5. The molecule has 13 aromatic rings. The first kappa shape index (κ1) is 42.3. The lowest BCUT2D eigenvalue weighted by atomic mass is 9.62. The van der Waals surface area contributed by atoms with Gasteiger partial charge in [-0.25, -0.2) is 0 Å². The molecule has 1 radical (unpaired) electrons.